The number of aromatic nitrogens is 8. The van der Waals surface area contributed by atoms with Gasteiger partial charge in [0.2, 0.25) is 11.6 Å². The molecule has 14 heteroatoms. The minimum Gasteiger partial charge on any atom is -0.457 e. The van der Waals surface area contributed by atoms with Crippen LogP contribution in [0.3, 0.4) is 0 Å². The van der Waals surface area contributed by atoms with Crippen molar-refractivity contribution in [1.29, 1.82) is 0 Å². The highest BCUT2D eigenvalue weighted by molar-refractivity contribution is 6.01. The summed E-state index contributed by atoms with van der Waals surface area (Å²) in [6.07, 6.45) is 0.903. The second-order valence-electron chi connectivity index (χ2n) is 18.5. The minimum absolute atomic E-state index is 0.000791. The molecule has 1 atom stereocenters. The minimum atomic E-state index is -0.000791. The summed E-state index contributed by atoms with van der Waals surface area (Å²) in [5.41, 5.74) is 18.3. The quantitative estimate of drug-likeness (QED) is 0.142. The van der Waals surface area contributed by atoms with Gasteiger partial charge in [0, 0.05) is 48.4 Å². The average Bonchev–Trinajstić information content (AvgIpc) is 3.98. The van der Waals surface area contributed by atoms with E-state index in [0.29, 0.717) is 45.0 Å². The Bertz CT molecular complexity index is 2930. The van der Waals surface area contributed by atoms with Crippen molar-refractivity contribution in [2.75, 3.05) is 37.6 Å². The zero-order valence-corrected chi connectivity index (χ0v) is 36.5. The van der Waals surface area contributed by atoms with Crippen LogP contribution in [0, 0.1) is 0 Å². The number of likely N-dealkylation sites (tertiary alicyclic amines) is 2. The van der Waals surface area contributed by atoms with E-state index in [9.17, 15) is 0 Å². The lowest BCUT2D eigenvalue weighted by Crippen LogP contribution is -2.56. The van der Waals surface area contributed by atoms with Crippen LogP contribution in [0.4, 0.5) is 11.6 Å². The molecule has 2 aliphatic rings. The zero-order chi connectivity index (χ0) is 43.6. The van der Waals surface area contributed by atoms with Crippen LogP contribution in [0.5, 0.6) is 23.0 Å². The molecule has 0 saturated carbocycles. The lowest BCUT2D eigenvalue weighted by Gasteiger charge is -2.47. The molecule has 63 heavy (non-hydrogen) atoms. The van der Waals surface area contributed by atoms with Gasteiger partial charge in [0.15, 0.2) is 11.3 Å². The van der Waals surface area contributed by atoms with Gasteiger partial charge in [0.05, 0.1) is 22.9 Å². The number of para-hydroxylation sites is 2. The number of hydrogen-bond donors (Lipinski definition) is 2. The molecule has 2 aliphatic heterocycles. The molecule has 320 valence electrons. The molecule has 0 spiro atoms. The molecular weight excluding hydrogens is 789 g/mol. The predicted octanol–water partition coefficient (Wildman–Crippen LogP) is 9.42. The van der Waals surface area contributed by atoms with Crippen LogP contribution in [0.2, 0.25) is 0 Å². The molecule has 0 amide bonds. The first kappa shape index (κ1) is 40.2. The van der Waals surface area contributed by atoms with Crippen LogP contribution in [-0.2, 0) is 0 Å². The Morgan fingerprint density at radius 2 is 0.889 bits per heavy atom. The summed E-state index contributed by atoms with van der Waals surface area (Å²) < 4.78 is 16.2. The predicted molar refractivity (Wildman–Crippen MR) is 248 cm³/mol. The summed E-state index contributed by atoms with van der Waals surface area (Å²) in [5.74, 6) is 4.03. The fourth-order valence-corrected chi connectivity index (χ4v) is 8.56. The van der Waals surface area contributed by atoms with E-state index in [1.807, 2.05) is 119 Å². The highest BCUT2D eigenvalue weighted by atomic mass is 16.5. The first-order chi connectivity index (χ1) is 30.3. The lowest BCUT2D eigenvalue weighted by atomic mass is 9.98. The second kappa shape index (κ2) is 15.5. The molecule has 0 radical (unpaired) electrons. The van der Waals surface area contributed by atoms with Gasteiger partial charge in [-0.15, -0.1) is 0 Å². The Morgan fingerprint density at radius 1 is 0.492 bits per heavy atom. The molecule has 4 aromatic carbocycles. The summed E-state index contributed by atoms with van der Waals surface area (Å²) in [5, 5.41) is 11.8. The Hall–Kier alpha value is -6.90. The number of nitrogens with zero attached hydrogens (tertiary/aromatic N) is 10. The van der Waals surface area contributed by atoms with Crippen LogP contribution in [0.25, 0.3) is 56.2 Å². The van der Waals surface area contributed by atoms with Gasteiger partial charge >= 0.3 is 0 Å². The normalized spacial score (nSPS) is 16.5. The highest BCUT2D eigenvalue weighted by Gasteiger charge is 2.38. The van der Waals surface area contributed by atoms with E-state index in [4.69, 9.17) is 51.1 Å². The van der Waals surface area contributed by atoms with Crippen molar-refractivity contribution < 1.29 is 9.47 Å². The maximum absolute atomic E-state index is 6.97. The van der Waals surface area contributed by atoms with E-state index in [1.54, 1.807) is 0 Å². The smallest absolute Gasteiger partial charge is 0.201 e. The van der Waals surface area contributed by atoms with E-state index >= 15 is 0 Å². The van der Waals surface area contributed by atoms with Gasteiger partial charge in [0.25, 0.3) is 0 Å². The van der Waals surface area contributed by atoms with Crippen molar-refractivity contribution in [3.8, 4) is 57.2 Å². The van der Waals surface area contributed by atoms with Gasteiger partial charge in [-0.3, -0.25) is 9.80 Å². The molecule has 0 aliphatic carbocycles. The first-order valence-corrected chi connectivity index (χ1v) is 21.6. The molecule has 2 fully saturated rings. The summed E-state index contributed by atoms with van der Waals surface area (Å²) in [7, 11) is 0. The highest BCUT2D eigenvalue weighted by Crippen LogP contribution is 2.40. The molecular formula is C49H52N12O2. The number of rotatable bonds is 9. The maximum atomic E-state index is 6.97. The Kier molecular flexibility index (Phi) is 9.87. The number of hydrogen-bond acceptors (Lipinski definition) is 12. The van der Waals surface area contributed by atoms with E-state index in [1.165, 1.54) is 0 Å². The third kappa shape index (κ3) is 7.69. The third-order valence-electron chi connectivity index (χ3n) is 12.2. The maximum Gasteiger partial charge on any atom is 0.201 e. The van der Waals surface area contributed by atoms with Gasteiger partial charge in [0.1, 0.15) is 46.0 Å². The molecule has 4 N–H and O–H groups in total. The van der Waals surface area contributed by atoms with Gasteiger partial charge in [-0.1, -0.05) is 36.4 Å². The van der Waals surface area contributed by atoms with Crippen LogP contribution in [0.15, 0.2) is 109 Å². The number of anilines is 2. The van der Waals surface area contributed by atoms with Crippen LogP contribution >= 0.6 is 0 Å². The Balaban J connectivity index is 1.07. The molecule has 6 heterocycles. The van der Waals surface area contributed by atoms with Gasteiger partial charge < -0.3 is 20.9 Å². The summed E-state index contributed by atoms with van der Waals surface area (Å²) in [4.78, 5) is 25.0. The number of fused-ring (bicyclic) bond motifs is 2. The lowest BCUT2D eigenvalue weighted by molar-refractivity contribution is 0.0172. The Morgan fingerprint density at radius 3 is 1.30 bits per heavy atom. The first-order valence-electron chi connectivity index (χ1n) is 21.6. The van der Waals surface area contributed by atoms with Crippen molar-refractivity contribution in [3.05, 3.63) is 109 Å². The fourth-order valence-electron chi connectivity index (χ4n) is 8.56. The van der Waals surface area contributed by atoms with Crippen molar-refractivity contribution >= 4 is 33.7 Å². The molecule has 10 rings (SSSR count). The summed E-state index contributed by atoms with van der Waals surface area (Å²) in [6, 6.07) is 35.3. The van der Waals surface area contributed by atoms with Gasteiger partial charge in [-0.2, -0.15) is 10.2 Å². The topological polar surface area (TPSA) is 164 Å². The number of ether oxygens (including phenoxy) is 2. The van der Waals surface area contributed by atoms with Crippen LogP contribution < -0.4 is 20.9 Å². The standard InChI is InChI=1S/C49H52N12O2/c1-48(2,3)58-26-25-32(27-58)60-46-38(40(56-60)30-17-21-36(22-18-30)62-34-13-9-7-10-14-34)42(50)52-44(54-46)45-53-43(51)39-41(31-19-23-37(24-20-31)63-35-15-11-8-12-16-35)57-61(47(39)55-45)33-28-59(29-33)49(4,5)6/h7-24,32-33H,25-29H2,1-6H3,(H2,50,52,54)(H2,51,53,55). The largest absolute Gasteiger partial charge is 0.457 e. The van der Waals surface area contributed by atoms with Crippen molar-refractivity contribution in [3.63, 3.8) is 0 Å². The molecule has 14 nitrogen and oxygen atoms in total. The number of benzene rings is 4. The summed E-state index contributed by atoms with van der Waals surface area (Å²) in [6.45, 7) is 16.8. The van der Waals surface area contributed by atoms with Crippen molar-refractivity contribution in [1.82, 2.24) is 49.3 Å². The summed E-state index contributed by atoms with van der Waals surface area (Å²) >= 11 is 0. The number of nitrogen functional groups attached to an aromatic ring is 2. The fraction of sp³-hybridized carbons (Fsp3) is 0.306. The molecule has 0 bridgehead atoms. The van der Waals surface area contributed by atoms with E-state index < -0.39 is 0 Å². The second-order valence-corrected chi connectivity index (χ2v) is 18.5. The molecule has 8 aromatic rings. The van der Waals surface area contributed by atoms with E-state index in [0.717, 1.165) is 55.2 Å². The monoisotopic (exact) mass is 840 g/mol. The average molecular weight is 841 g/mol. The van der Waals surface area contributed by atoms with Gasteiger partial charge in [-0.05, 0) is 121 Å². The SMILES string of the molecule is CC(C)(C)N1CCC(n2nc(-c3ccc(Oc4ccccc4)cc3)c3c(N)nc(-c4nc(N)c5c(-c6ccc(Oc7ccccc7)cc6)nn(C6CN(C(C)(C)C)C6)c5n4)nc32)C1. The molecule has 4 aromatic heterocycles. The van der Waals surface area contributed by atoms with Crippen molar-refractivity contribution in [2.45, 2.75) is 71.1 Å². The number of nitrogens with two attached hydrogens (primary N) is 2. The molecule has 1 unspecified atom stereocenters. The van der Waals surface area contributed by atoms with Crippen molar-refractivity contribution in [2.24, 2.45) is 0 Å². The van der Waals surface area contributed by atoms with Crippen LogP contribution in [0.1, 0.15) is 60.0 Å². The van der Waals surface area contributed by atoms with E-state index in [-0.39, 0.29) is 46.4 Å². The Labute approximate surface area is 366 Å². The van der Waals surface area contributed by atoms with Gasteiger partial charge in [-0.25, -0.2) is 29.3 Å². The molecule has 2 saturated heterocycles. The zero-order valence-electron chi connectivity index (χ0n) is 36.5. The van der Waals surface area contributed by atoms with Crippen LogP contribution in [-0.4, -0.2) is 86.6 Å². The third-order valence-corrected chi connectivity index (χ3v) is 12.2. The van der Waals surface area contributed by atoms with E-state index in [2.05, 4.69) is 51.3 Å².